The summed E-state index contributed by atoms with van der Waals surface area (Å²) in [5, 5.41) is 2.98. The summed E-state index contributed by atoms with van der Waals surface area (Å²) in [6.07, 6.45) is 2.48. The molecule has 0 aliphatic carbocycles. The predicted molar refractivity (Wildman–Crippen MR) is 154 cm³/mol. The molecule has 3 aromatic rings. The molecule has 1 saturated heterocycles. The summed E-state index contributed by atoms with van der Waals surface area (Å²) in [7, 11) is -3.92. The fraction of sp³-hybridized carbons (Fsp3) is 0.321. The van der Waals surface area contributed by atoms with Crippen LogP contribution in [0, 0.1) is 9.49 Å². The minimum Gasteiger partial charge on any atom is -0.371 e. The van der Waals surface area contributed by atoms with Crippen molar-refractivity contribution in [1.29, 1.82) is 0 Å². The molecule has 2 unspecified atom stereocenters. The third-order valence-corrected chi connectivity index (χ3v) is 9.03. The van der Waals surface area contributed by atoms with Crippen molar-refractivity contribution < 1.29 is 13.2 Å². The van der Waals surface area contributed by atoms with Crippen LogP contribution >= 0.6 is 22.6 Å². The maximum absolute atomic E-state index is 13.5. The Balaban J connectivity index is 1.48. The van der Waals surface area contributed by atoms with E-state index in [-0.39, 0.29) is 23.4 Å². The van der Waals surface area contributed by atoms with Gasteiger partial charge in [0.1, 0.15) is 6.54 Å². The number of hydrogen-bond donors (Lipinski definition) is 1. The minimum absolute atomic E-state index is 0.145. The number of amides is 1. The van der Waals surface area contributed by atoms with Gasteiger partial charge in [0.2, 0.25) is 5.91 Å². The zero-order valence-corrected chi connectivity index (χ0v) is 23.6. The van der Waals surface area contributed by atoms with E-state index in [1.807, 2.05) is 31.2 Å². The zero-order chi connectivity index (χ0) is 25.7. The second kappa shape index (κ2) is 11.6. The fourth-order valence-electron chi connectivity index (χ4n) is 4.54. The van der Waals surface area contributed by atoms with Crippen molar-refractivity contribution in [3.8, 4) is 0 Å². The van der Waals surface area contributed by atoms with Crippen molar-refractivity contribution in [1.82, 2.24) is 5.32 Å². The second-order valence-electron chi connectivity index (χ2n) is 9.38. The Morgan fingerprint density at radius 1 is 1.06 bits per heavy atom. The minimum atomic E-state index is -3.92. The van der Waals surface area contributed by atoms with Gasteiger partial charge in [-0.05, 0) is 102 Å². The monoisotopic (exact) mass is 617 g/mol. The van der Waals surface area contributed by atoms with E-state index in [9.17, 15) is 13.2 Å². The van der Waals surface area contributed by atoms with Crippen LogP contribution in [-0.4, -0.2) is 34.0 Å². The Kier molecular flexibility index (Phi) is 8.56. The van der Waals surface area contributed by atoms with Gasteiger partial charge in [-0.15, -0.1) is 0 Å². The molecular formula is C28H32IN3O3S. The maximum Gasteiger partial charge on any atom is 0.264 e. The molecule has 6 nitrogen and oxygen atoms in total. The normalized spacial score (nSPS) is 16.9. The van der Waals surface area contributed by atoms with Crippen molar-refractivity contribution in [3.05, 3.63) is 88.0 Å². The van der Waals surface area contributed by atoms with E-state index >= 15 is 0 Å². The van der Waals surface area contributed by atoms with Crippen LogP contribution in [0.5, 0.6) is 0 Å². The van der Waals surface area contributed by atoms with E-state index in [0.717, 1.165) is 22.2 Å². The Morgan fingerprint density at radius 2 is 1.72 bits per heavy atom. The molecule has 0 saturated carbocycles. The molecule has 1 amide bonds. The van der Waals surface area contributed by atoms with Gasteiger partial charge in [0.05, 0.1) is 16.6 Å². The molecule has 1 N–H and O–H groups in total. The first-order chi connectivity index (χ1) is 17.2. The number of rotatable bonds is 8. The molecule has 0 radical (unpaired) electrons. The first-order valence-corrected chi connectivity index (χ1v) is 14.7. The van der Waals surface area contributed by atoms with Crippen molar-refractivity contribution in [2.24, 2.45) is 5.92 Å². The van der Waals surface area contributed by atoms with Crippen molar-refractivity contribution in [2.75, 3.05) is 28.8 Å². The first kappa shape index (κ1) is 26.5. The summed E-state index contributed by atoms with van der Waals surface area (Å²) in [6.45, 7) is 6.02. The molecule has 4 rings (SSSR count). The van der Waals surface area contributed by atoms with Crippen LogP contribution in [0.1, 0.15) is 38.3 Å². The number of carbonyl (C=O) groups excluding carboxylic acids is 1. The molecular weight excluding hydrogens is 585 g/mol. The zero-order valence-electron chi connectivity index (χ0n) is 20.6. The third-order valence-electron chi connectivity index (χ3n) is 6.53. The van der Waals surface area contributed by atoms with Crippen LogP contribution in [0.2, 0.25) is 0 Å². The summed E-state index contributed by atoms with van der Waals surface area (Å²) in [6, 6.07) is 23.3. The number of anilines is 2. The quantitative estimate of drug-likeness (QED) is 0.335. The second-order valence-corrected chi connectivity index (χ2v) is 12.5. The lowest BCUT2D eigenvalue weighted by Crippen LogP contribution is -2.41. The average molecular weight is 618 g/mol. The summed E-state index contributed by atoms with van der Waals surface area (Å²) in [5.74, 6) is 0.328. The van der Waals surface area contributed by atoms with Gasteiger partial charge in [-0.25, -0.2) is 8.42 Å². The Hall–Kier alpha value is -2.59. The number of carbonyl (C=O) groups is 1. The fourth-order valence-corrected chi connectivity index (χ4v) is 6.34. The summed E-state index contributed by atoms with van der Waals surface area (Å²) < 4.78 is 29.1. The summed E-state index contributed by atoms with van der Waals surface area (Å²) in [5.41, 5.74) is 2.62. The molecule has 1 aliphatic heterocycles. The van der Waals surface area contributed by atoms with Crippen molar-refractivity contribution in [3.63, 3.8) is 0 Å². The van der Waals surface area contributed by atoms with E-state index in [0.29, 0.717) is 11.6 Å². The lowest BCUT2D eigenvalue weighted by atomic mass is 9.99. The first-order valence-electron chi connectivity index (χ1n) is 12.2. The van der Waals surface area contributed by atoms with Gasteiger partial charge >= 0.3 is 0 Å². The van der Waals surface area contributed by atoms with E-state index in [2.05, 4.69) is 51.9 Å². The predicted octanol–water partition coefficient (Wildman–Crippen LogP) is 5.60. The Bertz CT molecular complexity index is 1270. The van der Waals surface area contributed by atoms with Crippen LogP contribution in [0.15, 0.2) is 83.8 Å². The van der Waals surface area contributed by atoms with Crippen LogP contribution in [-0.2, 0) is 14.8 Å². The van der Waals surface area contributed by atoms with E-state index in [4.69, 9.17) is 0 Å². The van der Waals surface area contributed by atoms with Gasteiger partial charge in [-0.1, -0.05) is 37.3 Å². The lowest BCUT2D eigenvalue weighted by Gasteiger charge is -2.33. The molecule has 36 heavy (non-hydrogen) atoms. The molecule has 3 aromatic carbocycles. The highest BCUT2D eigenvalue weighted by Crippen LogP contribution is 2.26. The van der Waals surface area contributed by atoms with Gasteiger partial charge < -0.3 is 10.2 Å². The number of benzene rings is 3. The maximum atomic E-state index is 13.5. The van der Waals surface area contributed by atoms with Crippen LogP contribution < -0.4 is 14.5 Å². The summed E-state index contributed by atoms with van der Waals surface area (Å²) in [4.78, 5) is 15.6. The van der Waals surface area contributed by atoms with Gasteiger partial charge in [0.15, 0.2) is 0 Å². The topological polar surface area (TPSA) is 69.7 Å². The van der Waals surface area contributed by atoms with Crippen LogP contribution in [0.4, 0.5) is 11.4 Å². The molecule has 0 aromatic heterocycles. The number of nitrogens with one attached hydrogen (secondary N) is 1. The highest BCUT2D eigenvalue weighted by molar-refractivity contribution is 14.1. The largest absolute Gasteiger partial charge is 0.371 e. The number of sulfonamides is 1. The number of hydrogen-bond acceptors (Lipinski definition) is 4. The molecule has 1 fully saturated rings. The Morgan fingerprint density at radius 3 is 2.36 bits per heavy atom. The number of nitrogens with zero attached hydrogens (tertiary/aromatic N) is 2. The highest BCUT2D eigenvalue weighted by Gasteiger charge is 2.27. The van der Waals surface area contributed by atoms with E-state index in [1.165, 1.54) is 22.8 Å². The SMILES string of the molecule is CC1CCCN(c2ccc(C(C)NC(=O)CN(c3ccc(I)cc3)S(=O)(=O)c3ccccc3)cc2)C1. The molecule has 2 atom stereocenters. The highest BCUT2D eigenvalue weighted by atomic mass is 127. The summed E-state index contributed by atoms with van der Waals surface area (Å²) >= 11 is 2.17. The van der Waals surface area contributed by atoms with Gasteiger partial charge in [-0.3, -0.25) is 9.10 Å². The molecule has 0 spiro atoms. The van der Waals surface area contributed by atoms with Crippen LogP contribution in [0.25, 0.3) is 0 Å². The van der Waals surface area contributed by atoms with E-state index in [1.54, 1.807) is 42.5 Å². The van der Waals surface area contributed by atoms with Crippen LogP contribution in [0.3, 0.4) is 0 Å². The standard InChI is InChI=1S/C28H32IN3O3S/c1-21-7-6-18-31(19-21)25-14-10-23(11-15-25)22(2)30-28(33)20-32(26-16-12-24(29)13-17-26)36(34,35)27-8-4-3-5-9-27/h3-5,8-17,21-22H,6-7,18-20H2,1-2H3,(H,30,33). The number of piperidine rings is 1. The number of halogens is 1. The molecule has 190 valence electrons. The third kappa shape index (κ3) is 6.39. The smallest absolute Gasteiger partial charge is 0.264 e. The molecule has 0 bridgehead atoms. The molecule has 8 heteroatoms. The van der Waals surface area contributed by atoms with Gasteiger partial charge in [0, 0.05) is 22.3 Å². The van der Waals surface area contributed by atoms with Gasteiger partial charge in [0.25, 0.3) is 10.0 Å². The van der Waals surface area contributed by atoms with Crippen molar-refractivity contribution >= 4 is 49.9 Å². The average Bonchev–Trinajstić information content (AvgIpc) is 2.88. The van der Waals surface area contributed by atoms with Gasteiger partial charge in [-0.2, -0.15) is 0 Å². The Labute approximate surface area is 227 Å². The van der Waals surface area contributed by atoms with Crippen molar-refractivity contribution in [2.45, 2.75) is 37.6 Å². The molecule has 1 aliphatic rings. The lowest BCUT2D eigenvalue weighted by molar-refractivity contribution is -0.120. The molecule has 1 heterocycles. The van der Waals surface area contributed by atoms with E-state index < -0.39 is 10.0 Å².